The van der Waals surface area contributed by atoms with Crippen molar-refractivity contribution in [2.24, 2.45) is 5.73 Å². The van der Waals surface area contributed by atoms with Crippen LogP contribution in [-0.2, 0) is 13.0 Å². The van der Waals surface area contributed by atoms with Crippen molar-refractivity contribution in [2.45, 2.75) is 38.8 Å². The molecule has 2 rings (SSSR count). The van der Waals surface area contributed by atoms with Crippen molar-refractivity contribution >= 4 is 16.5 Å². The molecule has 102 valence electrons. The standard InChI is InChI=1S/C13H24N4S/c1-4-11-12(9-14)18-13(15-11)17(3)10-5-7-16(2)8-6-10/h10H,4-9,14H2,1-3H3. The average molecular weight is 268 g/mol. The minimum atomic E-state index is 0.613. The van der Waals surface area contributed by atoms with Gasteiger partial charge in [0.05, 0.1) is 5.69 Å². The van der Waals surface area contributed by atoms with E-state index >= 15 is 0 Å². The van der Waals surface area contributed by atoms with Gasteiger partial charge < -0.3 is 15.5 Å². The van der Waals surface area contributed by atoms with E-state index in [-0.39, 0.29) is 0 Å². The largest absolute Gasteiger partial charge is 0.348 e. The van der Waals surface area contributed by atoms with Gasteiger partial charge in [-0.25, -0.2) is 4.98 Å². The molecule has 0 amide bonds. The third kappa shape index (κ3) is 2.84. The zero-order valence-electron chi connectivity index (χ0n) is 11.6. The minimum Gasteiger partial charge on any atom is -0.348 e. The number of aryl methyl sites for hydroxylation is 1. The van der Waals surface area contributed by atoms with Crippen LogP contribution in [0.4, 0.5) is 5.13 Å². The van der Waals surface area contributed by atoms with Crippen molar-refractivity contribution in [3.8, 4) is 0 Å². The monoisotopic (exact) mass is 268 g/mol. The molecule has 1 aliphatic rings. The molecule has 5 heteroatoms. The first kappa shape index (κ1) is 13.8. The quantitative estimate of drug-likeness (QED) is 0.903. The molecule has 2 heterocycles. The number of thiazole rings is 1. The van der Waals surface area contributed by atoms with Crippen molar-refractivity contribution in [3.05, 3.63) is 10.6 Å². The number of likely N-dealkylation sites (tertiary alicyclic amines) is 1. The lowest BCUT2D eigenvalue weighted by molar-refractivity contribution is 0.253. The number of nitrogens with zero attached hydrogens (tertiary/aromatic N) is 3. The Kier molecular flexibility index (Phi) is 4.59. The predicted molar refractivity (Wildman–Crippen MR) is 78.3 cm³/mol. The second-order valence-corrected chi connectivity index (χ2v) is 6.13. The molecule has 0 unspecified atom stereocenters. The van der Waals surface area contributed by atoms with Crippen LogP contribution in [0.2, 0.25) is 0 Å². The molecule has 0 radical (unpaired) electrons. The van der Waals surface area contributed by atoms with Gasteiger partial charge in [0.1, 0.15) is 0 Å². The number of nitrogens with two attached hydrogens (primary N) is 1. The summed E-state index contributed by atoms with van der Waals surface area (Å²) >= 11 is 1.76. The fraction of sp³-hybridized carbons (Fsp3) is 0.769. The van der Waals surface area contributed by atoms with Gasteiger partial charge in [0, 0.05) is 24.5 Å². The lowest BCUT2D eigenvalue weighted by Gasteiger charge is -2.34. The molecule has 2 N–H and O–H groups in total. The summed E-state index contributed by atoms with van der Waals surface area (Å²) in [5, 5.41) is 1.14. The molecule has 1 saturated heterocycles. The maximum atomic E-state index is 5.78. The highest BCUT2D eigenvalue weighted by Crippen LogP contribution is 2.29. The molecular weight excluding hydrogens is 244 g/mol. The summed E-state index contributed by atoms with van der Waals surface area (Å²) < 4.78 is 0. The zero-order valence-corrected chi connectivity index (χ0v) is 12.5. The molecule has 1 aliphatic heterocycles. The van der Waals surface area contributed by atoms with E-state index in [1.165, 1.54) is 36.5 Å². The Morgan fingerprint density at radius 2 is 2.11 bits per heavy atom. The summed E-state index contributed by atoms with van der Waals surface area (Å²) in [5.41, 5.74) is 6.96. The Bertz CT molecular complexity index is 361. The van der Waals surface area contributed by atoms with Gasteiger partial charge in [-0.3, -0.25) is 0 Å². The van der Waals surface area contributed by atoms with E-state index in [0.717, 1.165) is 11.6 Å². The highest BCUT2D eigenvalue weighted by atomic mass is 32.1. The van der Waals surface area contributed by atoms with Crippen LogP contribution < -0.4 is 10.6 Å². The molecular formula is C13H24N4S. The Morgan fingerprint density at radius 1 is 1.44 bits per heavy atom. The van der Waals surface area contributed by atoms with Gasteiger partial charge in [-0.05, 0) is 39.4 Å². The molecule has 18 heavy (non-hydrogen) atoms. The van der Waals surface area contributed by atoms with Gasteiger partial charge >= 0.3 is 0 Å². The smallest absolute Gasteiger partial charge is 0.185 e. The van der Waals surface area contributed by atoms with Gasteiger partial charge in [0.2, 0.25) is 0 Å². The molecule has 0 spiro atoms. The van der Waals surface area contributed by atoms with Crippen molar-refractivity contribution in [3.63, 3.8) is 0 Å². The third-order valence-electron chi connectivity index (χ3n) is 3.82. The normalized spacial score (nSPS) is 18.2. The number of hydrogen-bond acceptors (Lipinski definition) is 5. The topological polar surface area (TPSA) is 45.4 Å². The van der Waals surface area contributed by atoms with E-state index in [0.29, 0.717) is 12.6 Å². The lowest BCUT2D eigenvalue weighted by atomic mass is 10.0. The Morgan fingerprint density at radius 3 is 2.61 bits per heavy atom. The fourth-order valence-corrected chi connectivity index (χ4v) is 3.56. The van der Waals surface area contributed by atoms with Crippen molar-refractivity contribution in [1.29, 1.82) is 0 Å². The van der Waals surface area contributed by atoms with Gasteiger partial charge in [0.25, 0.3) is 0 Å². The lowest BCUT2D eigenvalue weighted by Crippen LogP contribution is -2.41. The Hall–Kier alpha value is -0.650. The first-order chi connectivity index (χ1) is 8.65. The number of anilines is 1. The van der Waals surface area contributed by atoms with Crippen LogP contribution in [0, 0.1) is 0 Å². The Balaban J connectivity index is 2.08. The van der Waals surface area contributed by atoms with Crippen molar-refractivity contribution in [1.82, 2.24) is 9.88 Å². The van der Waals surface area contributed by atoms with Crippen LogP contribution in [0.3, 0.4) is 0 Å². The molecule has 4 nitrogen and oxygen atoms in total. The highest BCUT2D eigenvalue weighted by Gasteiger charge is 2.23. The number of aromatic nitrogens is 1. The van der Waals surface area contributed by atoms with Crippen LogP contribution in [-0.4, -0.2) is 43.1 Å². The van der Waals surface area contributed by atoms with E-state index in [2.05, 4.69) is 30.8 Å². The van der Waals surface area contributed by atoms with E-state index in [9.17, 15) is 0 Å². The molecule has 0 aromatic carbocycles. The maximum Gasteiger partial charge on any atom is 0.185 e. The van der Waals surface area contributed by atoms with E-state index < -0.39 is 0 Å². The molecule has 0 aliphatic carbocycles. The molecule has 1 aromatic heterocycles. The summed E-state index contributed by atoms with van der Waals surface area (Å²) in [6, 6.07) is 0.627. The molecule has 1 aromatic rings. The first-order valence-corrected chi connectivity index (χ1v) is 7.57. The minimum absolute atomic E-state index is 0.613. The van der Waals surface area contributed by atoms with Gasteiger partial charge in [-0.15, -0.1) is 11.3 Å². The number of piperidine rings is 1. The summed E-state index contributed by atoms with van der Waals surface area (Å²) in [7, 11) is 4.37. The van der Waals surface area contributed by atoms with Crippen LogP contribution >= 0.6 is 11.3 Å². The van der Waals surface area contributed by atoms with E-state index in [1.807, 2.05) is 0 Å². The van der Waals surface area contributed by atoms with Gasteiger partial charge in [-0.2, -0.15) is 0 Å². The summed E-state index contributed by atoms with van der Waals surface area (Å²) in [6.07, 6.45) is 3.43. The molecule has 0 bridgehead atoms. The second-order valence-electron chi connectivity index (χ2n) is 5.07. The fourth-order valence-electron chi connectivity index (χ4n) is 2.49. The van der Waals surface area contributed by atoms with Crippen LogP contribution in [0.15, 0.2) is 0 Å². The molecule has 0 saturated carbocycles. The number of rotatable bonds is 4. The Labute approximate surface area is 114 Å². The number of hydrogen-bond donors (Lipinski definition) is 1. The molecule has 0 atom stereocenters. The summed E-state index contributed by atoms with van der Waals surface area (Å²) in [4.78, 5) is 10.7. The molecule has 1 fully saturated rings. The third-order valence-corrected chi connectivity index (χ3v) is 5.04. The van der Waals surface area contributed by atoms with E-state index in [1.54, 1.807) is 11.3 Å². The van der Waals surface area contributed by atoms with Crippen LogP contribution in [0.25, 0.3) is 0 Å². The average Bonchev–Trinajstić information content (AvgIpc) is 2.82. The maximum absolute atomic E-state index is 5.78. The summed E-state index contributed by atoms with van der Waals surface area (Å²) in [5.74, 6) is 0. The van der Waals surface area contributed by atoms with E-state index in [4.69, 9.17) is 10.7 Å². The van der Waals surface area contributed by atoms with Crippen molar-refractivity contribution in [2.75, 3.05) is 32.1 Å². The van der Waals surface area contributed by atoms with Gasteiger partial charge in [0.15, 0.2) is 5.13 Å². The second kappa shape index (κ2) is 5.99. The van der Waals surface area contributed by atoms with Crippen LogP contribution in [0.5, 0.6) is 0 Å². The summed E-state index contributed by atoms with van der Waals surface area (Å²) in [6.45, 7) is 5.13. The first-order valence-electron chi connectivity index (χ1n) is 6.75. The van der Waals surface area contributed by atoms with Crippen LogP contribution in [0.1, 0.15) is 30.3 Å². The zero-order chi connectivity index (χ0) is 13.1. The predicted octanol–water partition coefficient (Wildman–Crippen LogP) is 1.69. The SMILES string of the molecule is CCc1nc(N(C)C2CCN(C)CC2)sc1CN. The highest BCUT2D eigenvalue weighted by molar-refractivity contribution is 7.15. The van der Waals surface area contributed by atoms with Crippen molar-refractivity contribution < 1.29 is 0 Å². The van der Waals surface area contributed by atoms with Gasteiger partial charge in [-0.1, -0.05) is 6.92 Å².